The highest BCUT2D eigenvalue weighted by atomic mass is 35.5. The lowest BCUT2D eigenvalue weighted by Crippen LogP contribution is -2.53. The van der Waals surface area contributed by atoms with Crippen molar-refractivity contribution >= 4 is 46.5 Å². The topological polar surface area (TPSA) is 93.8 Å². The van der Waals surface area contributed by atoms with E-state index in [1.165, 1.54) is 4.90 Å². The van der Waals surface area contributed by atoms with Gasteiger partial charge in [0.05, 0.1) is 0 Å². The highest BCUT2D eigenvalue weighted by molar-refractivity contribution is 6.30. The van der Waals surface area contributed by atoms with Gasteiger partial charge in [-0.1, -0.05) is 48.9 Å². The number of benzene rings is 3. The van der Waals surface area contributed by atoms with Crippen LogP contribution in [0.4, 0.5) is 21.9 Å². The van der Waals surface area contributed by atoms with Crippen LogP contribution in [-0.2, 0) is 9.59 Å². The summed E-state index contributed by atoms with van der Waals surface area (Å²) in [4.78, 5) is 44.2. The fourth-order valence-corrected chi connectivity index (χ4v) is 5.21. The van der Waals surface area contributed by atoms with Gasteiger partial charge in [-0.25, -0.2) is 4.79 Å². The van der Waals surface area contributed by atoms with Gasteiger partial charge in [-0.3, -0.25) is 9.59 Å². The van der Waals surface area contributed by atoms with Crippen molar-refractivity contribution in [1.82, 2.24) is 10.6 Å². The second-order valence-corrected chi connectivity index (χ2v) is 12.1. The van der Waals surface area contributed by atoms with Gasteiger partial charge in [0, 0.05) is 47.6 Å². The molecular formula is C33H40ClN5O3. The first-order valence-electron chi connectivity index (χ1n) is 14.2. The van der Waals surface area contributed by atoms with Crippen molar-refractivity contribution in [3.63, 3.8) is 0 Å². The number of carbonyl (C=O) groups is 3. The number of fused-ring (bicyclic) bond motifs is 1. The predicted octanol–water partition coefficient (Wildman–Crippen LogP) is 6.08. The summed E-state index contributed by atoms with van der Waals surface area (Å²) in [5.74, 6) is -0.847. The molecule has 3 N–H and O–H groups in total. The summed E-state index contributed by atoms with van der Waals surface area (Å²) in [5.41, 5.74) is 4.59. The lowest BCUT2D eigenvalue weighted by Gasteiger charge is -2.29. The highest BCUT2D eigenvalue weighted by Gasteiger charge is 2.38. The molecule has 0 saturated carbocycles. The normalized spacial score (nSPS) is 16.7. The van der Waals surface area contributed by atoms with Gasteiger partial charge in [0.2, 0.25) is 11.8 Å². The molecule has 0 bridgehead atoms. The number of halogens is 1. The molecule has 3 aromatic rings. The predicted molar refractivity (Wildman–Crippen MR) is 171 cm³/mol. The Morgan fingerprint density at radius 2 is 1.76 bits per heavy atom. The van der Waals surface area contributed by atoms with Gasteiger partial charge in [0.1, 0.15) is 12.6 Å². The van der Waals surface area contributed by atoms with Gasteiger partial charge in [-0.15, -0.1) is 0 Å². The van der Waals surface area contributed by atoms with Gasteiger partial charge in [0.25, 0.3) is 0 Å². The van der Waals surface area contributed by atoms with E-state index in [1.54, 1.807) is 6.07 Å². The van der Waals surface area contributed by atoms with E-state index in [-0.39, 0.29) is 24.3 Å². The number of carbonyl (C=O) groups excluding carboxylic acids is 3. The second kappa shape index (κ2) is 12.9. The van der Waals surface area contributed by atoms with Crippen LogP contribution in [0.2, 0.25) is 5.02 Å². The number of amides is 4. The zero-order valence-electron chi connectivity index (χ0n) is 25.1. The largest absolute Gasteiger partial charge is 0.378 e. The second-order valence-electron chi connectivity index (χ2n) is 11.7. The Bertz CT molecular complexity index is 1450. The van der Waals surface area contributed by atoms with Crippen molar-refractivity contribution in [2.24, 2.45) is 0 Å². The van der Waals surface area contributed by atoms with E-state index in [0.717, 1.165) is 28.8 Å². The lowest BCUT2D eigenvalue weighted by molar-refractivity contribution is -0.125. The van der Waals surface area contributed by atoms with E-state index >= 15 is 0 Å². The maximum Gasteiger partial charge on any atom is 0.319 e. The van der Waals surface area contributed by atoms with E-state index in [2.05, 4.69) is 16.0 Å². The molecule has 1 aliphatic heterocycles. The summed E-state index contributed by atoms with van der Waals surface area (Å²) in [6.45, 7) is 7.68. The minimum atomic E-state index is -0.901. The third-order valence-corrected chi connectivity index (χ3v) is 8.00. The van der Waals surface area contributed by atoms with Crippen molar-refractivity contribution in [1.29, 1.82) is 0 Å². The van der Waals surface area contributed by atoms with Gasteiger partial charge in [0.15, 0.2) is 0 Å². The molecule has 222 valence electrons. The third-order valence-electron chi connectivity index (χ3n) is 7.75. The molecule has 4 amide bonds. The van der Waals surface area contributed by atoms with E-state index < -0.39 is 17.6 Å². The molecular weight excluding hydrogens is 550 g/mol. The van der Waals surface area contributed by atoms with Crippen LogP contribution in [0, 0.1) is 6.92 Å². The number of rotatable bonds is 8. The minimum absolute atomic E-state index is 0.170. The zero-order valence-corrected chi connectivity index (χ0v) is 25.9. The molecule has 0 spiro atoms. The SMILES string of the molecule is CCC(C)(C)NC(=O)CN1C(=O)C(NC(=O)Nc2cccc(N(C)C)c2)CC(c2ccc(Cl)cc2)c2ccc(C)cc21. The average molecular weight is 590 g/mol. The minimum Gasteiger partial charge on any atom is -0.378 e. The third kappa shape index (κ3) is 7.42. The average Bonchev–Trinajstić information content (AvgIpc) is 3.04. The van der Waals surface area contributed by atoms with Crippen LogP contribution >= 0.6 is 11.6 Å². The summed E-state index contributed by atoms with van der Waals surface area (Å²) in [5, 5.41) is 9.43. The molecule has 0 radical (unpaired) electrons. The van der Waals surface area contributed by atoms with Crippen LogP contribution in [0.15, 0.2) is 66.7 Å². The molecule has 0 saturated heterocycles. The Balaban J connectivity index is 1.71. The van der Waals surface area contributed by atoms with Crippen molar-refractivity contribution < 1.29 is 14.4 Å². The molecule has 0 fully saturated rings. The molecule has 9 heteroatoms. The van der Waals surface area contributed by atoms with Gasteiger partial charge in [-0.05, 0) is 86.7 Å². The summed E-state index contributed by atoms with van der Waals surface area (Å²) in [6, 6.07) is 19.5. The summed E-state index contributed by atoms with van der Waals surface area (Å²) in [7, 11) is 3.85. The summed E-state index contributed by atoms with van der Waals surface area (Å²) >= 11 is 6.20. The van der Waals surface area contributed by atoms with E-state index in [1.807, 2.05) is 107 Å². The fourth-order valence-electron chi connectivity index (χ4n) is 5.08. The maximum absolute atomic E-state index is 14.2. The Morgan fingerprint density at radius 1 is 1.05 bits per heavy atom. The molecule has 2 unspecified atom stereocenters. The summed E-state index contributed by atoms with van der Waals surface area (Å²) in [6.07, 6.45) is 1.04. The van der Waals surface area contributed by atoms with Gasteiger partial charge >= 0.3 is 6.03 Å². The zero-order chi connectivity index (χ0) is 30.6. The van der Waals surface area contributed by atoms with E-state index in [4.69, 9.17) is 11.6 Å². The van der Waals surface area contributed by atoms with Crippen molar-refractivity contribution in [3.8, 4) is 0 Å². The number of hydrogen-bond donors (Lipinski definition) is 3. The molecule has 42 heavy (non-hydrogen) atoms. The standard InChI is InChI=1S/C33H40ClN5O3/c1-7-33(3,4)37-30(40)20-39-29-17-21(2)11-16-26(29)27(22-12-14-23(34)15-13-22)19-28(31(39)41)36-32(42)35-24-9-8-10-25(18-24)38(5)6/h8-18,27-28H,7,19-20H2,1-6H3,(H,37,40)(H2,35,36,42). The van der Waals surface area contributed by atoms with Crippen LogP contribution in [0.5, 0.6) is 0 Å². The number of hydrogen-bond acceptors (Lipinski definition) is 4. The quantitative estimate of drug-likeness (QED) is 0.297. The highest BCUT2D eigenvalue weighted by Crippen LogP contribution is 2.40. The van der Waals surface area contributed by atoms with Crippen molar-refractivity contribution in [2.75, 3.05) is 35.8 Å². The Morgan fingerprint density at radius 3 is 2.43 bits per heavy atom. The number of anilines is 3. The van der Waals surface area contributed by atoms with Gasteiger partial charge in [-0.2, -0.15) is 0 Å². The van der Waals surface area contributed by atoms with E-state index in [9.17, 15) is 14.4 Å². The number of aryl methyl sites for hydroxylation is 1. The fraction of sp³-hybridized carbons (Fsp3) is 0.364. The molecule has 8 nitrogen and oxygen atoms in total. The number of nitrogens with zero attached hydrogens (tertiary/aromatic N) is 2. The maximum atomic E-state index is 14.2. The first kappa shape index (κ1) is 30.9. The Hall–Kier alpha value is -4.04. The first-order chi connectivity index (χ1) is 19.9. The lowest BCUT2D eigenvalue weighted by atomic mass is 9.85. The molecule has 0 aromatic heterocycles. The number of urea groups is 1. The van der Waals surface area contributed by atoms with Crippen molar-refractivity contribution in [3.05, 3.63) is 88.4 Å². The van der Waals surface area contributed by atoms with E-state index in [0.29, 0.717) is 22.8 Å². The molecule has 4 rings (SSSR count). The van der Waals surface area contributed by atoms with Gasteiger partial charge < -0.3 is 25.8 Å². The molecule has 2 atom stereocenters. The molecule has 1 aliphatic rings. The van der Waals surface area contributed by atoms with Crippen LogP contribution in [0.3, 0.4) is 0 Å². The van der Waals surface area contributed by atoms with Crippen LogP contribution < -0.4 is 25.8 Å². The van der Waals surface area contributed by atoms with Crippen LogP contribution in [0.25, 0.3) is 0 Å². The molecule has 3 aromatic carbocycles. The summed E-state index contributed by atoms with van der Waals surface area (Å²) < 4.78 is 0. The van der Waals surface area contributed by atoms with Crippen molar-refractivity contribution in [2.45, 2.75) is 58.0 Å². The molecule has 0 aliphatic carbocycles. The Labute approximate surface area is 253 Å². The van der Waals surface area contributed by atoms with Crippen LogP contribution in [-0.4, -0.2) is 50.1 Å². The number of nitrogens with one attached hydrogen (secondary N) is 3. The Kier molecular flexibility index (Phi) is 9.46. The smallest absolute Gasteiger partial charge is 0.319 e. The van der Waals surface area contributed by atoms with Crippen LogP contribution in [0.1, 0.15) is 56.2 Å². The first-order valence-corrected chi connectivity index (χ1v) is 14.6. The molecule has 1 heterocycles. The monoisotopic (exact) mass is 589 g/mol.